The number of hydrogen-bond acceptors (Lipinski definition) is 4. The zero-order valence-corrected chi connectivity index (χ0v) is 14.7. The van der Waals surface area contributed by atoms with E-state index in [0.29, 0.717) is 23.1 Å². The van der Waals surface area contributed by atoms with Crippen molar-refractivity contribution in [3.8, 4) is 0 Å². The number of rotatable bonds is 6. The average molecular weight is 357 g/mol. The van der Waals surface area contributed by atoms with Crippen LogP contribution in [0.3, 0.4) is 0 Å². The summed E-state index contributed by atoms with van der Waals surface area (Å²) in [6.07, 6.45) is 5.14. The summed E-state index contributed by atoms with van der Waals surface area (Å²) in [6, 6.07) is 0.823. The van der Waals surface area contributed by atoms with E-state index in [9.17, 15) is 4.79 Å². The lowest BCUT2D eigenvalue weighted by Gasteiger charge is -2.32. The molecule has 0 aliphatic carbocycles. The molecule has 118 valence electrons. The van der Waals surface area contributed by atoms with Gasteiger partial charge < -0.3 is 10.2 Å². The second-order valence-electron chi connectivity index (χ2n) is 5.91. The molecule has 1 saturated heterocycles. The van der Waals surface area contributed by atoms with E-state index in [-0.39, 0.29) is 5.56 Å². The quantitative estimate of drug-likeness (QED) is 0.849. The lowest BCUT2D eigenvalue weighted by atomic mass is 10.2. The molecule has 0 spiro atoms. The largest absolute Gasteiger partial charge is 0.365 e. The van der Waals surface area contributed by atoms with Crippen LogP contribution in [0.2, 0.25) is 0 Å². The van der Waals surface area contributed by atoms with E-state index in [1.54, 1.807) is 0 Å². The first-order valence-electron chi connectivity index (χ1n) is 7.80. The van der Waals surface area contributed by atoms with Crippen LogP contribution in [0.4, 0.5) is 5.69 Å². The number of nitrogens with one attached hydrogen (secondary N) is 1. The molecule has 21 heavy (non-hydrogen) atoms. The SMILES string of the molecule is CCCn1ncc(N(CC2CCCN2)C(C)C)c(Br)c1=O. The highest BCUT2D eigenvalue weighted by Crippen LogP contribution is 2.24. The number of hydrogen-bond donors (Lipinski definition) is 1. The van der Waals surface area contributed by atoms with Gasteiger partial charge in [-0.15, -0.1) is 0 Å². The molecule has 0 amide bonds. The maximum absolute atomic E-state index is 12.4. The summed E-state index contributed by atoms with van der Waals surface area (Å²) in [4.78, 5) is 14.6. The van der Waals surface area contributed by atoms with Gasteiger partial charge in [-0.25, -0.2) is 4.68 Å². The molecule has 1 N–H and O–H groups in total. The van der Waals surface area contributed by atoms with E-state index in [1.165, 1.54) is 17.5 Å². The Balaban J connectivity index is 2.27. The molecule has 1 aliphatic rings. The molecule has 1 unspecified atom stereocenters. The predicted molar refractivity (Wildman–Crippen MR) is 90.0 cm³/mol. The van der Waals surface area contributed by atoms with Gasteiger partial charge in [0.2, 0.25) is 0 Å². The molecule has 0 aromatic carbocycles. The van der Waals surface area contributed by atoms with Gasteiger partial charge in [0, 0.05) is 25.2 Å². The first kappa shape index (κ1) is 16.5. The van der Waals surface area contributed by atoms with Crippen molar-refractivity contribution in [2.24, 2.45) is 0 Å². The van der Waals surface area contributed by atoms with Gasteiger partial charge in [0.05, 0.1) is 11.9 Å². The second kappa shape index (κ2) is 7.40. The fourth-order valence-corrected chi connectivity index (χ4v) is 3.30. The zero-order valence-electron chi connectivity index (χ0n) is 13.1. The van der Waals surface area contributed by atoms with Crippen LogP contribution in [0.25, 0.3) is 0 Å². The van der Waals surface area contributed by atoms with Gasteiger partial charge in [-0.2, -0.15) is 5.10 Å². The molecular weight excluding hydrogens is 332 g/mol. The Kier molecular flexibility index (Phi) is 5.81. The third-order valence-corrected chi connectivity index (χ3v) is 4.66. The minimum absolute atomic E-state index is 0.0422. The normalized spacial score (nSPS) is 18.4. The monoisotopic (exact) mass is 356 g/mol. The van der Waals surface area contributed by atoms with Gasteiger partial charge in [-0.3, -0.25) is 4.79 Å². The van der Waals surface area contributed by atoms with Crippen molar-refractivity contribution in [3.63, 3.8) is 0 Å². The topological polar surface area (TPSA) is 50.2 Å². The van der Waals surface area contributed by atoms with Crippen molar-refractivity contribution in [2.45, 2.75) is 58.7 Å². The molecule has 1 aromatic rings. The van der Waals surface area contributed by atoms with Crippen LogP contribution < -0.4 is 15.8 Å². The third kappa shape index (κ3) is 3.86. The summed E-state index contributed by atoms with van der Waals surface area (Å²) >= 11 is 3.48. The van der Waals surface area contributed by atoms with E-state index in [4.69, 9.17) is 0 Å². The number of halogens is 1. The standard InChI is InChI=1S/C15H25BrN4O/c1-4-8-20-15(21)14(16)13(9-18-20)19(11(2)3)10-12-6-5-7-17-12/h9,11-12,17H,4-8,10H2,1-3H3. The molecule has 1 aliphatic heterocycles. The lowest BCUT2D eigenvalue weighted by molar-refractivity contribution is 0.539. The van der Waals surface area contributed by atoms with E-state index >= 15 is 0 Å². The molecule has 6 heteroatoms. The maximum atomic E-state index is 12.4. The Morgan fingerprint density at radius 2 is 2.33 bits per heavy atom. The van der Waals surface area contributed by atoms with Crippen LogP contribution >= 0.6 is 15.9 Å². The molecule has 1 atom stereocenters. The van der Waals surface area contributed by atoms with Crippen molar-refractivity contribution in [1.82, 2.24) is 15.1 Å². The summed E-state index contributed by atoms with van der Waals surface area (Å²) in [6.45, 7) is 9.01. The van der Waals surface area contributed by atoms with E-state index < -0.39 is 0 Å². The van der Waals surface area contributed by atoms with Gasteiger partial charge in [-0.1, -0.05) is 6.92 Å². The van der Waals surface area contributed by atoms with Gasteiger partial charge in [0.1, 0.15) is 4.47 Å². The molecular formula is C15H25BrN4O. The van der Waals surface area contributed by atoms with Gasteiger partial charge in [0.25, 0.3) is 5.56 Å². The Bertz CT molecular complexity index is 523. The molecule has 2 rings (SSSR count). The molecule has 0 bridgehead atoms. The highest BCUT2D eigenvalue weighted by Gasteiger charge is 2.23. The minimum Gasteiger partial charge on any atom is -0.365 e. The van der Waals surface area contributed by atoms with E-state index in [1.807, 2.05) is 13.1 Å². The van der Waals surface area contributed by atoms with Gasteiger partial charge >= 0.3 is 0 Å². The molecule has 5 nitrogen and oxygen atoms in total. The second-order valence-corrected chi connectivity index (χ2v) is 6.70. The van der Waals surface area contributed by atoms with Crippen LogP contribution in [0.1, 0.15) is 40.0 Å². The number of aryl methyl sites for hydroxylation is 1. The predicted octanol–water partition coefficient (Wildman–Crippen LogP) is 2.38. The molecule has 1 fully saturated rings. The Hall–Kier alpha value is -0.880. The van der Waals surface area contributed by atoms with E-state index in [0.717, 1.165) is 25.2 Å². The molecule has 2 heterocycles. The smallest absolute Gasteiger partial charge is 0.283 e. The van der Waals surface area contributed by atoms with Crippen LogP contribution in [0.15, 0.2) is 15.5 Å². The van der Waals surface area contributed by atoms with Crippen molar-refractivity contribution in [3.05, 3.63) is 21.0 Å². The number of aromatic nitrogens is 2. The van der Waals surface area contributed by atoms with Crippen molar-refractivity contribution < 1.29 is 0 Å². The van der Waals surface area contributed by atoms with Crippen LogP contribution in [0, 0.1) is 0 Å². The highest BCUT2D eigenvalue weighted by molar-refractivity contribution is 9.10. The third-order valence-electron chi connectivity index (χ3n) is 3.91. The summed E-state index contributed by atoms with van der Waals surface area (Å²) in [7, 11) is 0. The summed E-state index contributed by atoms with van der Waals surface area (Å²) in [5, 5.41) is 7.84. The van der Waals surface area contributed by atoms with Crippen molar-refractivity contribution in [2.75, 3.05) is 18.0 Å². The Morgan fingerprint density at radius 3 is 2.90 bits per heavy atom. The fourth-order valence-electron chi connectivity index (χ4n) is 2.76. The minimum atomic E-state index is -0.0422. The Labute approximate surface area is 134 Å². The van der Waals surface area contributed by atoms with Gasteiger partial charge in [0.15, 0.2) is 0 Å². The summed E-state index contributed by atoms with van der Waals surface area (Å²) < 4.78 is 2.15. The average Bonchev–Trinajstić information content (AvgIpc) is 2.95. The first-order valence-corrected chi connectivity index (χ1v) is 8.59. The lowest BCUT2D eigenvalue weighted by Crippen LogP contribution is -2.42. The fraction of sp³-hybridized carbons (Fsp3) is 0.733. The summed E-state index contributed by atoms with van der Waals surface area (Å²) in [5.74, 6) is 0. The molecule has 0 saturated carbocycles. The van der Waals surface area contributed by atoms with Crippen molar-refractivity contribution in [1.29, 1.82) is 0 Å². The first-order chi connectivity index (χ1) is 10.0. The number of anilines is 1. The van der Waals surface area contributed by atoms with E-state index in [2.05, 4.69) is 45.1 Å². The highest BCUT2D eigenvalue weighted by atomic mass is 79.9. The maximum Gasteiger partial charge on any atom is 0.283 e. The van der Waals surface area contributed by atoms with Crippen LogP contribution in [0.5, 0.6) is 0 Å². The molecule has 0 radical (unpaired) electrons. The summed E-state index contributed by atoms with van der Waals surface area (Å²) in [5.41, 5.74) is 0.857. The van der Waals surface area contributed by atoms with Crippen LogP contribution in [-0.2, 0) is 6.54 Å². The van der Waals surface area contributed by atoms with Gasteiger partial charge in [-0.05, 0) is 55.6 Å². The van der Waals surface area contributed by atoms with Crippen LogP contribution in [-0.4, -0.2) is 35.0 Å². The van der Waals surface area contributed by atoms with Crippen molar-refractivity contribution >= 4 is 21.6 Å². The number of nitrogens with zero attached hydrogens (tertiary/aromatic N) is 3. The zero-order chi connectivity index (χ0) is 15.4. The Morgan fingerprint density at radius 1 is 1.57 bits per heavy atom. The molecule has 1 aromatic heterocycles.